The van der Waals surface area contributed by atoms with Gasteiger partial charge >= 0.3 is 0 Å². The minimum atomic E-state index is -0.0419. The summed E-state index contributed by atoms with van der Waals surface area (Å²) in [7, 11) is 1.66. The topological polar surface area (TPSA) is 35.6 Å². The summed E-state index contributed by atoms with van der Waals surface area (Å²) in [5.74, 6) is -0.0419. The average molecular weight is 438 g/mol. The molecule has 33 heavy (non-hydrogen) atoms. The molecule has 4 nitrogen and oxygen atoms in total. The highest BCUT2D eigenvalue weighted by atomic mass is 16.1. The Kier molecular flexibility index (Phi) is 6.27. The van der Waals surface area contributed by atoms with Crippen molar-refractivity contribution in [2.24, 2.45) is 0 Å². The third-order valence-electron chi connectivity index (χ3n) is 6.88. The molecule has 0 bridgehead atoms. The van der Waals surface area contributed by atoms with Gasteiger partial charge in [-0.2, -0.15) is 0 Å². The van der Waals surface area contributed by atoms with Crippen LogP contribution in [0.4, 0.5) is 5.69 Å². The predicted molar refractivity (Wildman–Crippen MR) is 136 cm³/mol. The third-order valence-corrected chi connectivity index (χ3v) is 6.88. The quantitative estimate of drug-likeness (QED) is 0.575. The number of benzene rings is 3. The molecule has 0 aromatic heterocycles. The van der Waals surface area contributed by atoms with E-state index in [1.807, 2.05) is 12.1 Å². The van der Waals surface area contributed by atoms with Gasteiger partial charge in [0.1, 0.15) is 0 Å². The Morgan fingerprint density at radius 3 is 2.15 bits per heavy atom. The summed E-state index contributed by atoms with van der Waals surface area (Å²) in [5.41, 5.74) is 8.75. The monoisotopic (exact) mass is 437 g/mol. The van der Waals surface area contributed by atoms with Crippen LogP contribution in [0.15, 0.2) is 78.9 Å². The maximum atomic E-state index is 11.8. The van der Waals surface area contributed by atoms with Crippen LogP contribution in [0.25, 0.3) is 16.7 Å². The average Bonchev–Trinajstić information content (AvgIpc) is 2.84. The molecule has 1 amide bonds. The van der Waals surface area contributed by atoms with Gasteiger partial charge in [-0.05, 0) is 64.9 Å². The maximum Gasteiger partial charge on any atom is 0.251 e. The second-order valence-corrected chi connectivity index (χ2v) is 8.89. The number of carbonyl (C=O) groups is 1. The second kappa shape index (κ2) is 9.63. The Labute approximate surface area is 196 Å². The fourth-order valence-corrected chi connectivity index (χ4v) is 4.73. The molecule has 2 aliphatic rings. The van der Waals surface area contributed by atoms with Crippen LogP contribution < -0.4 is 10.2 Å². The van der Waals surface area contributed by atoms with Crippen molar-refractivity contribution < 1.29 is 4.79 Å². The second-order valence-electron chi connectivity index (χ2n) is 8.89. The number of nitrogens with one attached hydrogen (secondary N) is 1. The third kappa shape index (κ3) is 4.71. The molecule has 1 saturated heterocycles. The van der Waals surface area contributed by atoms with Crippen LogP contribution in [0.1, 0.15) is 34.3 Å². The van der Waals surface area contributed by atoms with E-state index >= 15 is 0 Å². The summed E-state index contributed by atoms with van der Waals surface area (Å²) < 4.78 is 0. The van der Waals surface area contributed by atoms with Crippen LogP contribution in [0.3, 0.4) is 0 Å². The first-order valence-corrected chi connectivity index (χ1v) is 11.9. The van der Waals surface area contributed by atoms with E-state index in [9.17, 15) is 4.79 Å². The molecule has 1 N–H and O–H groups in total. The van der Waals surface area contributed by atoms with Crippen LogP contribution in [0.5, 0.6) is 0 Å². The van der Waals surface area contributed by atoms with Gasteiger partial charge in [-0.1, -0.05) is 54.6 Å². The van der Waals surface area contributed by atoms with Gasteiger partial charge in [0.2, 0.25) is 0 Å². The number of carbonyl (C=O) groups excluding carboxylic acids is 1. The molecule has 0 atom stereocenters. The van der Waals surface area contributed by atoms with E-state index < -0.39 is 0 Å². The van der Waals surface area contributed by atoms with Crippen LogP contribution >= 0.6 is 0 Å². The molecule has 1 aliphatic carbocycles. The van der Waals surface area contributed by atoms with E-state index in [0.717, 1.165) is 32.7 Å². The number of rotatable bonds is 6. The first-order valence-electron chi connectivity index (χ1n) is 11.9. The van der Waals surface area contributed by atoms with Crippen molar-refractivity contribution in [2.45, 2.75) is 19.4 Å². The lowest BCUT2D eigenvalue weighted by molar-refractivity contribution is 0.0963. The Bertz CT molecular complexity index is 1140. The Hall–Kier alpha value is -3.37. The number of allylic oxidation sites excluding steroid dienone is 2. The first-order chi connectivity index (χ1) is 16.2. The molecule has 1 heterocycles. The molecule has 1 aliphatic heterocycles. The molecule has 168 valence electrons. The van der Waals surface area contributed by atoms with Crippen LogP contribution in [-0.2, 0) is 6.54 Å². The van der Waals surface area contributed by atoms with Gasteiger partial charge in [0.05, 0.1) is 0 Å². The normalized spacial score (nSPS) is 16.2. The van der Waals surface area contributed by atoms with Crippen molar-refractivity contribution in [2.75, 3.05) is 38.1 Å². The SMILES string of the molecule is CNC(=O)c1ccc(N2CCN(Cc3ccccc3-c3ccc(C4=CCC4)cc3)CC2)cc1. The lowest BCUT2D eigenvalue weighted by atomic mass is 9.90. The Balaban J connectivity index is 1.23. The number of anilines is 1. The maximum absolute atomic E-state index is 11.8. The van der Waals surface area contributed by atoms with Crippen molar-refractivity contribution in [3.8, 4) is 11.1 Å². The number of nitrogens with zero attached hydrogens (tertiary/aromatic N) is 2. The summed E-state index contributed by atoms with van der Waals surface area (Å²) in [5, 5.41) is 2.68. The van der Waals surface area contributed by atoms with E-state index in [-0.39, 0.29) is 5.91 Å². The van der Waals surface area contributed by atoms with Gasteiger partial charge in [0, 0.05) is 51.0 Å². The Morgan fingerprint density at radius 2 is 1.52 bits per heavy atom. The van der Waals surface area contributed by atoms with Crippen LogP contribution in [0.2, 0.25) is 0 Å². The van der Waals surface area contributed by atoms with Crippen molar-refractivity contribution in [1.82, 2.24) is 10.2 Å². The highest BCUT2D eigenvalue weighted by molar-refractivity contribution is 5.94. The van der Waals surface area contributed by atoms with E-state index in [2.05, 4.69) is 81.9 Å². The standard InChI is InChI=1S/C29H31N3O/c1-30-29(33)25-13-15-27(16-14-25)32-19-17-31(18-20-32)21-26-5-2-3-8-28(26)24-11-9-23(10-12-24)22-6-4-7-22/h2-3,5-6,8-16H,4,7,17-21H2,1H3,(H,30,33). The predicted octanol–water partition coefficient (Wildman–Crippen LogP) is 5.21. The molecule has 4 heteroatoms. The molecule has 3 aromatic rings. The molecule has 3 aromatic carbocycles. The number of piperazine rings is 1. The summed E-state index contributed by atoms with van der Waals surface area (Å²) >= 11 is 0. The van der Waals surface area contributed by atoms with E-state index in [1.165, 1.54) is 46.4 Å². The summed E-state index contributed by atoms with van der Waals surface area (Å²) in [4.78, 5) is 16.7. The number of hydrogen-bond acceptors (Lipinski definition) is 3. The summed E-state index contributed by atoms with van der Waals surface area (Å²) in [6.07, 6.45) is 4.76. The van der Waals surface area contributed by atoms with Gasteiger partial charge < -0.3 is 10.2 Å². The zero-order valence-corrected chi connectivity index (χ0v) is 19.3. The fraction of sp³-hybridized carbons (Fsp3) is 0.276. The molecular formula is C29H31N3O. The Morgan fingerprint density at radius 1 is 0.848 bits per heavy atom. The molecular weight excluding hydrogens is 406 g/mol. The van der Waals surface area contributed by atoms with Crippen molar-refractivity contribution in [1.29, 1.82) is 0 Å². The highest BCUT2D eigenvalue weighted by Gasteiger charge is 2.19. The molecule has 1 fully saturated rings. The molecule has 0 unspecified atom stereocenters. The lowest BCUT2D eigenvalue weighted by Gasteiger charge is -2.36. The van der Waals surface area contributed by atoms with Crippen molar-refractivity contribution in [3.05, 3.63) is 95.6 Å². The highest BCUT2D eigenvalue weighted by Crippen LogP contribution is 2.31. The van der Waals surface area contributed by atoms with Crippen molar-refractivity contribution in [3.63, 3.8) is 0 Å². The molecule has 5 rings (SSSR count). The largest absolute Gasteiger partial charge is 0.369 e. The van der Waals surface area contributed by atoms with Crippen molar-refractivity contribution >= 4 is 17.2 Å². The fourth-order valence-electron chi connectivity index (χ4n) is 4.73. The number of hydrogen-bond donors (Lipinski definition) is 1. The molecule has 0 spiro atoms. The van der Waals surface area contributed by atoms with Crippen LogP contribution in [-0.4, -0.2) is 44.0 Å². The summed E-state index contributed by atoms with van der Waals surface area (Å²) in [6, 6.07) is 25.8. The van der Waals surface area contributed by atoms with Gasteiger partial charge in [-0.15, -0.1) is 0 Å². The summed E-state index contributed by atoms with van der Waals surface area (Å²) in [6.45, 7) is 5.00. The molecule has 0 radical (unpaired) electrons. The van der Waals surface area contributed by atoms with Gasteiger partial charge in [-0.25, -0.2) is 0 Å². The number of amides is 1. The first kappa shape index (κ1) is 21.5. The zero-order chi connectivity index (χ0) is 22.6. The smallest absolute Gasteiger partial charge is 0.251 e. The minimum Gasteiger partial charge on any atom is -0.369 e. The van der Waals surface area contributed by atoms with Gasteiger partial charge in [0.15, 0.2) is 0 Å². The van der Waals surface area contributed by atoms with Gasteiger partial charge in [0.25, 0.3) is 5.91 Å². The van der Waals surface area contributed by atoms with Crippen LogP contribution in [0, 0.1) is 0 Å². The zero-order valence-electron chi connectivity index (χ0n) is 19.3. The van der Waals surface area contributed by atoms with E-state index in [1.54, 1.807) is 7.05 Å². The van der Waals surface area contributed by atoms with Gasteiger partial charge in [-0.3, -0.25) is 9.69 Å². The lowest BCUT2D eigenvalue weighted by Crippen LogP contribution is -2.46. The molecule has 0 saturated carbocycles. The minimum absolute atomic E-state index is 0.0419. The van der Waals surface area contributed by atoms with E-state index in [0.29, 0.717) is 5.56 Å². The van der Waals surface area contributed by atoms with E-state index in [4.69, 9.17) is 0 Å².